The number of allylic oxidation sites excluding steroid dienone is 1. The average Bonchev–Trinajstić information content (AvgIpc) is 2.48. The van der Waals surface area contributed by atoms with Crippen molar-refractivity contribution in [2.45, 2.75) is 13.3 Å². The van der Waals surface area contributed by atoms with E-state index in [1.807, 2.05) is 13.0 Å². The van der Waals surface area contributed by atoms with Crippen molar-refractivity contribution in [2.75, 3.05) is 31.1 Å². The zero-order chi connectivity index (χ0) is 13.5. The molecule has 0 bridgehead atoms. The van der Waals surface area contributed by atoms with E-state index >= 15 is 0 Å². The molecule has 2 rings (SSSR count). The predicted octanol–water partition coefficient (Wildman–Crippen LogP) is 1.23. The van der Waals surface area contributed by atoms with E-state index in [1.165, 1.54) is 0 Å². The molecule has 1 aromatic rings. The monoisotopic (exact) mass is 261 g/mol. The van der Waals surface area contributed by atoms with Crippen molar-refractivity contribution in [1.29, 1.82) is 0 Å². The number of nitrogens with one attached hydrogen (secondary N) is 1. The van der Waals surface area contributed by atoms with Crippen molar-refractivity contribution in [2.24, 2.45) is 0 Å². The Morgan fingerprint density at radius 1 is 1.32 bits per heavy atom. The lowest BCUT2D eigenvalue weighted by Crippen LogP contribution is -2.51. The molecule has 102 valence electrons. The number of anilines is 1. The summed E-state index contributed by atoms with van der Waals surface area (Å²) in [4.78, 5) is 24.2. The number of carbonyl (C=O) groups excluding carboxylic acids is 1. The molecule has 0 unspecified atom stereocenters. The molecule has 0 spiro atoms. The Morgan fingerprint density at radius 3 is 2.63 bits per heavy atom. The van der Waals surface area contributed by atoms with Crippen LogP contribution in [0.15, 0.2) is 30.7 Å². The first-order chi connectivity index (χ1) is 9.31. The predicted molar refractivity (Wildman–Crippen MR) is 73.8 cm³/mol. The SMILES string of the molecule is CC/C=C/NC(=O)N1CCN(c2ncccn2)CC1. The molecule has 0 aromatic carbocycles. The van der Waals surface area contributed by atoms with Crippen molar-refractivity contribution in [3.63, 3.8) is 0 Å². The summed E-state index contributed by atoms with van der Waals surface area (Å²) < 4.78 is 0. The Balaban J connectivity index is 1.82. The van der Waals surface area contributed by atoms with Gasteiger partial charge >= 0.3 is 6.03 Å². The summed E-state index contributed by atoms with van der Waals surface area (Å²) in [5, 5.41) is 2.76. The second-order valence-electron chi connectivity index (χ2n) is 4.28. The van der Waals surface area contributed by atoms with Crippen molar-refractivity contribution < 1.29 is 4.79 Å². The van der Waals surface area contributed by atoms with Crippen molar-refractivity contribution in [1.82, 2.24) is 20.2 Å². The van der Waals surface area contributed by atoms with Crippen LogP contribution in [0, 0.1) is 0 Å². The van der Waals surface area contributed by atoms with Gasteiger partial charge in [-0.3, -0.25) is 0 Å². The zero-order valence-electron chi connectivity index (χ0n) is 11.1. The molecule has 1 aromatic heterocycles. The largest absolute Gasteiger partial charge is 0.337 e. The lowest BCUT2D eigenvalue weighted by molar-refractivity contribution is 0.198. The first-order valence-electron chi connectivity index (χ1n) is 6.53. The van der Waals surface area contributed by atoms with Gasteiger partial charge in [0.25, 0.3) is 0 Å². The molecular weight excluding hydrogens is 242 g/mol. The van der Waals surface area contributed by atoms with Gasteiger partial charge in [-0.05, 0) is 12.5 Å². The second kappa shape index (κ2) is 6.72. The molecule has 0 atom stereocenters. The van der Waals surface area contributed by atoms with Crippen molar-refractivity contribution in [3.8, 4) is 0 Å². The van der Waals surface area contributed by atoms with Gasteiger partial charge in [0.15, 0.2) is 0 Å². The standard InChI is InChI=1S/C13H19N5O/c1-2-3-5-16-13(19)18-10-8-17(9-11-18)12-14-6-4-7-15-12/h3-7H,2,8-11H2,1H3,(H,16,19)/b5-3+. The first kappa shape index (κ1) is 13.3. The fraction of sp³-hybridized carbons (Fsp3) is 0.462. The highest BCUT2D eigenvalue weighted by Gasteiger charge is 2.21. The second-order valence-corrected chi connectivity index (χ2v) is 4.28. The zero-order valence-corrected chi connectivity index (χ0v) is 11.1. The van der Waals surface area contributed by atoms with Crippen LogP contribution in [0.25, 0.3) is 0 Å². The van der Waals surface area contributed by atoms with Gasteiger partial charge in [-0.2, -0.15) is 0 Å². The van der Waals surface area contributed by atoms with Gasteiger partial charge in [0, 0.05) is 44.8 Å². The number of urea groups is 1. The number of hydrogen-bond acceptors (Lipinski definition) is 4. The molecule has 2 heterocycles. The maximum absolute atomic E-state index is 11.8. The van der Waals surface area contributed by atoms with E-state index in [-0.39, 0.29) is 6.03 Å². The molecular formula is C13H19N5O. The summed E-state index contributed by atoms with van der Waals surface area (Å²) in [6.07, 6.45) is 8.01. The molecule has 6 nitrogen and oxygen atoms in total. The molecule has 1 fully saturated rings. The van der Waals surface area contributed by atoms with Crippen molar-refractivity contribution in [3.05, 3.63) is 30.7 Å². The van der Waals surface area contributed by atoms with E-state index in [0.29, 0.717) is 13.1 Å². The summed E-state index contributed by atoms with van der Waals surface area (Å²) in [5.74, 6) is 0.730. The molecule has 6 heteroatoms. The average molecular weight is 261 g/mol. The molecule has 1 saturated heterocycles. The number of carbonyl (C=O) groups is 1. The summed E-state index contributed by atoms with van der Waals surface area (Å²) in [6.45, 7) is 4.92. The number of aromatic nitrogens is 2. The van der Waals surface area contributed by atoms with E-state index in [9.17, 15) is 4.79 Å². The number of piperazine rings is 1. The Labute approximate surface area is 113 Å². The minimum atomic E-state index is -0.0432. The molecule has 0 radical (unpaired) electrons. The van der Waals surface area contributed by atoms with Crippen LogP contribution in [-0.4, -0.2) is 47.1 Å². The molecule has 1 aliphatic heterocycles. The lowest BCUT2D eigenvalue weighted by Gasteiger charge is -2.34. The minimum absolute atomic E-state index is 0.0432. The summed E-state index contributed by atoms with van der Waals surface area (Å²) in [7, 11) is 0. The smallest absolute Gasteiger partial charge is 0.321 e. The first-order valence-corrected chi connectivity index (χ1v) is 6.53. The Morgan fingerprint density at radius 2 is 2.00 bits per heavy atom. The number of rotatable bonds is 3. The topological polar surface area (TPSA) is 61.4 Å². The third-order valence-electron chi connectivity index (χ3n) is 2.96. The van der Waals surface area contributed by atoms with Gasteiger partial charge in [0.1, 0.15) is 0 Å². The van der Waals surface area contributed by atoms with Gasteiger partial charge < -0.3 is 15.1 Å². The van der Waals surface area contributed by atoms with E-state index < -0.39 is 0 Å². The number of hydrogen-bond donors (Lipinski definition) is 1. The fourth-order valence-electron chi connectivity index (χ4n) is 1.90. The van der Waals surface area contributed by atoms with Gasteiger partial charge in [-0.1, -0.05) is 13.0 Å². The summed E-state index contributed by atoms with van der Waals surface area (Å²) >= 11 is 0. The van der Waals surface area contributed by atoms with E-state index in [0.717, 1.165) is 25.5 Å². The lowest BCUT2D eigenvalue weighted by atomic mass is 10.3. The van der Waals surface area contributed by atoms with Crippen LogP contribution in [0.5, 0.6) is 0 Å². The van der Waals surface area contributed by atoms with Crippen molar-refractivity contribution >= 4 is 12.0 Å². The number of amides is 2. The van der Waals surface area contributed by atoms with E-state index in [1.54, 1.807) is 29.6 Å². The summed E-state index contributed by atoms with van der Waals surface area (Å²) in [6, 6.07) is 1.76. The van der Waals surface area contributed by atoms with Crippen LogP contribution in [-0.2, 0) is 0 Å². The highest BCUT2D eigenvalue weighted by Crippen LogP contribution is 2.09. The Bertz CT molecular complexity index is 426. The van der Waals surface area contributed by atoms with Gasteiger partial charge in [0.2, 0.25) is 5.95 Å². The number of nitrogens with zero attached hydrogens (tertiary/aromatic N) is 4. The summed E-state index contributed by atoms with van der Waals surface area (Å²) in [5.41, 5.74) is 0. The third-order valence-corrected chi connectivity index (χ3v) is 2.96. The molecule has 1 aliphatic rings. The third kappa shape index (κ3) is 3.67. The molecule has 0 saturated carbocycles. The highest BCUT2D eigenvalue weighted by atomic mass is 16.2. The van der Waals surface area contributed by atoms with Gasteiger partial charge in [-0.25, -0.2) is 14.8 Å². The van der Waals surface area contributed by atoms with E-state index in [4.69, 9.17) is 0 Å². The van der Waals surface area contributed by atoms with Crippen LogP contribution >= 0.6 is 0 Å². The maximum Gasteiger partial charge on any atom is 0.321 e. The Kier molecular flexibility index (Phi) is 4.72. The van der Waals surface area contributed by atoms with Gasteiger partial charge in [-0.15, -0.1) is 0 Å². The molecule has 19 heavy (non-hydrogen) atoms. The quantitative estimate of drug-likeness (QED) is 0.889. The van der Waals surface area contributed by atoms with Crippen LogP contribution in [0.2, 0.25) is 0 Å². The Hall–Kier alpha value is -2.11. The maximum atomic E-state index is 11.8. The minimum Gasteiger partial charge on any atom is -0.337 e. The van der Waals surface area contributed by atoms with Crippen LogP contribution in [0.3, 0.4) is 0 Å². The molecule has 2 amide bonds. The fourth-order valence-corrected chi connectivity index (χ4v) is 1.90. The van der Waals surface area contributed by atoms with E-state index in [2.05, 4.69) is 20.2 Å². The molecule has 0 aliphatic carbocycles. The van der Waals surface area contributed by atoms with Crippen LogP contribution in [0.1, 0.15) is 13.3 Å². The molecule has 1 N–H and O–H groups in total. The van der Waals surface area contributed by atoms with Gasteiger partial charge in [0.05, 0.1) is 0 Å². The van der Waals surface area contributed by atoms with Crippen LogP contribution < -0.4 is 10.2 Å². The van der Waals surface area contributed by atoms with Crippen LogP contribution in [0.4, 0.5) is 10.7 Å². The highest BCUT2D eigenvalue weighted by molar-refractivity contribution is 5.75. The normalized spacial score (nSPS) is 15.8.